The number of hydrogen-bond donors (Lipinski definition) is 1. The number of aliphatic hydroxyl groups is 1. The fourth-order valence-corrected chi connectivity index (χ4v) is 1.34. The normalized spacial score (nSPS) is 36.8. The van der Waals surface area contributed by atoms with Crippen molar-refractivity contribution in [1.82, 2.24) is 4.90 Å². The minimum atomic E-state index is -0.888. The Kier molecular flexibility index (Phi) is 1.83. The van der Waals surface area contributed by atoms with Crippen molar-refractivity contribution in [3.05, 3.63) is 0 Å². The number of rotatable bonds is 1. The Hall–Kier alpha value is -1.08. The third-order valence-corrected chi connectivity index (χ3v) is 1.85. The summed E-state index contributed by atoms with van der Waals surface area (Å²) < 4.78 is 0. The zero-order chi connectivity index (χ0) is 8.48. The van der Waals surface area contributed by atoms with Gasteiger partial charge in [0.25, 0.3) is 0 Å². The van der Waals surface area contributed by atoms with Gasteiger partial charge in [0.05, 0.1) is 18.2 Å². The molecule has 1 heterocycles. The molecular formula is C7H10N2O2. The van der Waals surface area contributed by atoms with Gasteiger partial charge < -0.3 is 9.90 Å². The van der Waals surface area contributed by atoms with Crippen LogP contribution in [-0.4, -0.2) is 34.5 Å². The quantitative estimate of drug-likeness (QED) is 0.408. The highest BCUT2D eigenvalue weighted by Gasteiger charge is 2.38. The molecule has 1 aliphatic heterocycles. The fraction of sp³-hybridized carbons (Fsp3) is 0.714. The first-order chi connectivity index (χ1) is 5.09. The molecule has 0 aromatic carbocycles. The highest BCUT2D eigenvalue weighted by molar-refractivity contribution is 5.59. The van der Waals surface area contributed by atoms with Crippen LogP contribution in [0.3, 0.4) is 0 Å². The van der Waals surface area contributed by atoms with Crippen LogP contribution >= 0.6 is 0 Å². The average molecular weight is 154 g/mol. The first kappa shape index (κ1) is 8.02. The van der Waals surface area contributed by atoms with Crippen molar-refractivity contribution in [3.63, 3.8) is 0 Å². The van der Waals surface area contributed by atoms with Gasteiger partial charge in [0.2, 0.25) is 0 Å². The van der Waals surface area contributed by atoms with Crippen LogP contribution in [-0.2, 0) is 4.79 Å². The average Bonchev–Trinajstić information content (AvgIpc) is 2.25. The van der Waals surface area contributed by atoms with Crippen molar-refractivity contribution in [3.8, 4) is 6.19 Å². The number of β-amino-alcohol motifs (C(OH)–C–C–N with tert-alkyl or cyclic N) is 1. The lowest BCUT2D eigenvalue weighted by Crippen LogP contribution is -2.28. The van der Waals surface area contributed by atoms with E-state index in [0.717, 1.165) is 0 Å². The van der Waals surface area contributed by atoms with E-state index < -0.39 is 11.6 Å². The van der Waals surface area contributed by atoms with E-state index in [1.54, 1.807) is 6.92 Å². The molecule has 0 radical (unpaired) electrons. The Morgan fingerprint density at radius 3 is 2.91 bits per heavy atom. The SMILES string of the molecule is CC1(O)CC(C=O)N(C#N)C1. The molecule has 1 saturated heterocycles. The number of nitriles is 1. The van der Waals surface area contributed by atoms with Gasteiger partial charge in [0.1, 0.15) is 6.29 Å². The van der Waals surface area contributed by atoms with Crippen LogP contribution in [0.2, 0.25) is 0 Å². The summed E-state index contributed by atoms with van der Waals surface area (Å²) in [5.41, 5.74) is -0.888. The van der Waals surface area contributed by atoms with E-state index in [2.05, 4.69) is 0 Å². The summed E-state index contributed by atoms with van der Waals surface area (Å²) in [5, 5.41) is 18.0. The van der Waals surface area contributed by atoms with Gasteiger partial charge in [0, 0.05) is 6.42 Å². The van der Waals surface area contributed by atoms with Gasteiger partial charge in [-0.15, -0.1) is 0 Å². The minimum absolute atomic E-state index is 0.257. The molecule has 0 saturated carbocycles. The summed E-state index contributed by atoms with van der Waals surface area (Å²) in [6, 6.07) is -0.435. The van der Waals surface area contributed by atoms with Crippen LogP contribution in [0, 0.1) is 11.5 Å². The third kappa shape index (κ3) is 1.49. The summed E-state index contributed by atoms with van der Waals surface area (Å²) >= 11 is 0. The number of carbonyl (C=O) groups is 1. The van der Waals surface area contributed by atoms with Crippen molar-refractivity contribution in [2.75, 3.05) is 6.54 Å². The third-order valence-electron chi connectivity index (χ3n) is 1.85. The van der Waals surface area contributed by atoms with Gasteiger partial charge >= 0.3 is 0 Å². The Morgan fingerprint density at radius 1 is 1.91 bits per heavy atom. The summed E-state index contributed by atoms with van der Waals surface area (Å²) in [4.78, 5) is 11.7. The molecular weight excluding hydrogens is 144 g/mol. The Bertz CT molecular complexity index is 207. The van der Waals surface area contributed by atoms with E-state index in [9.17, 15) is 9.90 Å². The highest BCUT2D eigenvalue weighted by Crippen LogP contribution is 2.24. The van der Waals surface area contributed by atoms with Crippen molar-refractivity contribution in [2.45, 2.75) is 25.0 Å². The van der Waals surface area contributed by atoms with Gasteiger partial charge in [-0.1, -0.05) is 0 Å². The van der Waals surface area contributed by atoms with E-state index in [1.165, 1.54) is 4.90 Å². The first-order valence-electron chi connectivity index (χ1n) is 3.43. The summed E-state index contributed by atoms with van der Waals surface area (Å²) in [5.74, 6) is 0. The number of nitrogens with zero attached hydrogens (tertiary/aromatic N) is 2. The molecule has 0 aromatic rings. The maximum atomic E-state index is 10.4. The van der Waals surface area contributed by atoms with Gasteiger partial charge in [0.15, 0.2) is 6.19 Å². The van der Waals surface area contributed by atoms with Gasteiger partial charge in [-0.05, 0) is 6.92 Å². The van der Waals surface area contributed by atoms with E-state index in [-0.39, 0.29) is 6.54 Å². The molecule has 2 unspecified atom stereocenters. The Labute approximate surface area is 65.0 Å². The smallest absolute Gasteiger partial charge is 0.180 e. The Morgan fingerprint density at radius 2 is 2.55 bits per heavy atom. The topological polar surface area (TPSA) is 64.3 Å². The van der Waals surface area contributed by atoms with E-state index in [4.69, 9.17) is 5.26 Å². The monoisotopic (exact) mass is 154 g/mol. The standard InChI is InChI=1S/C7H10N2O2/c1-7(11)2-6(3-10)9(4-7)5-8/h3,6,11H,2,4H2,1H3. The summed E-state index contributed by atoms with van der Waals surface area (Å²) in [7, 11) is 0. The Balaban J connectivity index is 2.71. The lowest BCUT2D eigenvalue weighted by Gasteiger charge is -2.13. The van der Waals surface area contributed by atoms with Crippen molar-refractivity contribution in [2.24, 2.45) is 0 Å². The molecule has 4 heteroatoms. The second-order valence-corrected chi connectivity index (χ2v) is 3.13. The second-order valence-electron chi connectivity index (χ2n) is 3.13. The maximum Gasteiger partial charge on any atom is 0.180 e. The predicted molar refractivity (Wildman–Crippen MR) is 37.4 cm³/mol. The van der Waals surface area contributed by atoms with Crippen LogP contribution in [0.15, 0.2) is 0 Å². The van der Waals surface area contributed by atoms with Crippen LogP contribution in [0.25, 0.3) is 0 Å². The largest absolute Gasteiger partial charge is 0.388 e. The number of carbonyl (C=O) groups excluding carboxylic acids is 1. The molecule has 11 heavy (non-hydrogen) atoms. The number of aldehydes is 1. The molecule has 1 N–H and O–H groups in total. The van der Waals surface area contributed by atoms with E-state index >= 15 is 0 Å². The van der Waals surface area contributed by atoms with Crippen molar-refractivity contribution < 1.29 is 9.90 Å². The van der Waals surface area contributed by atoms with Crippen LogP contribution in [0.4, 0.5) is 0 Å². The summed E-state index contributed by atoms with van der Waals surface area (Å²) in [6.45, 7) is 1.88. The molecule has 2 atom stereocenters. The molecule has 1 fully saturated rings. The number of hydrogen-bond acceptors (Lipinski definition) is 4. The zero-order valence-corrected chi connectivity index (χ0v) is 6.32. The van der Waals surface area contributed by atoms with E-state index in [1.807, 2.05) is 6.19 Å². The second kappa shape index (κ2) is 2.51. The molecule has 60 valence electrons. The fourth-order valence-electron chi connectivity index (χ4n) is 1.34. The van der Waals surface area contributed by atoms with E-state index in [0.29, 0.717) is 12.7 Å². The summed E-state index contributed by atoms with van der Waals surface area (Å²) in [6.07, 6.45) is 2.91. The molecule has 0 aromatic heterocycles. The molecule has 0 bridgehead atoms. The molecule has 4 nitrogen and oxygen atoms in total. The molecule has 1 rings (SSSR count). The van der Waals surface area contributed by atoms with Gasteiger partial charge in [-0.2, -0.15) is 5.26 Å². The van der Waals surface area contributed by atoms with Crippen LogP contribution < -0.4 is 0 Å². The lowest BCUT2D eigenvalue weighted by atomic mass is 10.0. The van der Waals surface area contributed by atoms with Crippen molar-refractivity contribution >= 4 is 6.29 Å². The molecule has 0 amide bonds. The van der Waals surface area contributed by atoms with Gasteiger partial charge in [-0.25, -0.2) is 0 Å². The molecule has 1 aliphatic rings. The van der Waals surface area contributed by atoms with Crippen LogP contribution in [0.1, 0.15) is 13.3 Å². The lowest BCUT2D eigenvalue weighted by molar-refractivity contribution is -0.110. The minimum Gasteiger partial charge on any atom is -0.388 e. The van der Waals surface area contributed by atoms with Crippen molar-refractivity contribution in [1.29, 1.82) is 5.26 Å². The highest BCUT2D eigenvalue weighted by atomic mass is 16.3. The zero-order valence-electron chi connectivity index (χ0n) is 6.32. The molecule has 0 aliphatic carbocycles. The molecule has 0 spiro atoms. The van der Waals surface area contributed by atoms with Gasteiger partial charge in [-0.3, -0.25) is 4.90 Å². The first-order valence-corrected chi connectivity index (χ1v) is 3.43. The van der Waals surface area contributed by atoms with Crippen LogP contribution in [0.5, 0.6) is 0 Å². The predicted octanol–water partition coefficient (Wildman–Crippen LogP) is -0.508. The number of likely N-dealkylation sites (tertiary alicyclic amines) is 1. The maximum absolute atomic E-state index is 10.4.